The summed E-state index contributed by atoms with van der Waals surface area (Å²) in [5.74, 6) is 0.213. The molecular formula is C20H20FN3O2S. The monoisotopic (exact) mass is 385 g/mol. The third kappa shape index (κ3) is 5.42. The topological polar surface area (TPSA) is 67.2 Å². The Morgan fingerprint density at radius 1 is 1.11 bits per heavy atom. The molecule has 2 aromatic carbocycles. The largest absolute Gasteiger partial charge is 0.390 e. The number of aliphatic hydroxyl groups excluding tert-OH is 1. The van der Waals surface area contributed by atoms with Gasteiger partial charge in [0.05, 0.1) is 18.5 Å². The molecule has 2 N–H and O–H groups in total. The first-order valence-electron chi connectivity index (χ1n) is 8.49. The molecule has 0 saturated carbocycles. The van der Waals surface area contributed by atoms with Crippen molar-refractivity contribution in [1.82, 2.24) is 14.9 Å². The van der Waals surface area contributed by atoms with Crippen molar-refractivity contribution in [2.75, 3.05) is 0 Å². The predicted octanol–water partition coefficient (Wildman–Crippen LogP) is 3.12. The summed E-state index contributed by atoms with van der Waals surface area (Å²) in [4.78, 5) is 16.6. The molecule has 140 valence electrons. The Bertz CT molecular complexity index is 882. The predicted molar refractivity (Wildman–Crippen MR) is 102 cm³/mol. The number of halogens is 1. The van der Waals surface area contributed by atoms with Crippen LogP contribution in [-0.2, 0) is 30.2 Å². The molecule has 3 aromatic rings. The van der Waals surface area contributed by atoms with Gasteiger partial charge in [0.25, 0.3) is 0 Å². The van der Waals surface area contributed by atoms with Gasteiger partial charge < -0.3 is 15.0 Å². The molecule has 0 atom stereocenters. The molecule has 0 spiro atoms. The molecule has 0 unspecified atom stereocenters. The molecule has 27 heavy (non-hydrogen) atoms. The second-order valence-electron chi connectivity index (χ2n) is 5.95. The van der Waals surface area contributed by atoms with E-state index < -0.39 is 0 Å². The van der Waals surface area contributed by atoms with Crippen LogP contribution in [0.25, 0.3) is 0 Å². The van der Waals surface area contributed by atoms with Crippen LogP contribution in [0.4, 0.5) is 4.39 Å². The minimum Gasteiger partial charge on any atom is -0.390 e. The van der Waals surface area contributed by atoms with Crippen LogP contribution < -0.4 is 5.32 Å². The van der Waals surface area contributed by atoms with Gasteiger partial charge in [0.15, 0.2) is 5.16 Å². The zero-order chi connectivity index (χ0) is 19.1. The van der Waals surface area contributed by atoms with Gasteiger partial charge in [-0.25, -0.2) is 9.37 Å². The summed E-state index contributed by atoms with van der Waals surface area (Å²) in [6.45, 7) is 0.188. The number of aromatic nitrogens is 2. The van der Waals surface area contributed by atoms with Gasteiger partial charge in [0, 0.05) is 12.3 Å². The maximum Gasteiger partial charge on any atom is 0.240 e. The molecule has 0 fully saturated rings. The van der Waals surface area contributed by atoms with Crippen LogP contribution in [0, 0.1) is 5.82 Å². The highest BCUT2D eigenvalue weighted by Crippen LogP contribution is 2.23. The van der Waals surface area contributed by atoms with E-state index in [0.717, 1.165) is 16.9 Å². The van der Waals surface area contributed by atoms with E-state index in [1.807, 2.05) is 30.3 Å². The second-order valence-corrected chi connectivity index (χ2v) is 6.90. The number of imidazole rings is 1. The summed E-state index contributed by atoms with van der Waals surface area (Å²) in [7, 11) is 0. The number of hydrogen-bond acceptors (Lipinski definition) is 4. The van der Waals surface area contributed by atoms with Gasteiger partial charge in [0.1, 0.15) is 12.4 Å². The number of carbonyl (C=O) groups is 1. The van der Waals surface area contributed by atoms with Gasteiger partial charge in [-0.15, -0.1) is 0 Å². The lowest BCUT2D eigenvalue weighted by atomic mass is 10.2. The summed E-state index contributed by atoms with van der Waals surface area (Å²) >= 11 is 1.51. The van der Waals surface area contributed by atoms with Gasteiger partial charge >= 0.3 is 0 Å². The van der Waals surface area contributed by atoms with Gasteiger partial charge in [0.2, 0.25) is 5.91 Å². The number of nitrogens with one attached hydrogen (secondary N) is 1. The molecular weight excluding hydrogens is 365 g/mol. The molecule has 7 heteroatoms. The summed E-state index contributed by atoms with van der Waals surface area (Å²) in [6, 6.07) is 16.0. The van der Waals surface area contributed by atoms with E-state index in [-0.39, 0.29) is 24.9 Å². The zero-order valence-electron chi connectivity index (χ0n) is 14.6. The number of amides is 1. The lowest BCUT2D eigenvalue weighted by Crippen LogP contribution is -2.28. The van der Waals surface area contributed by atoms with Crippen LogP contribution in [0.3, 0.4) is 0 Å². The van der Waals surface area contributed by atoms with Gasteiger partial charge in [-0.2, -0.15) is 0 Å². The number of carbonyl (C=O) groups excluding carboxylic acids is 1. The van der Waals surface area contributed by atoms with E-state index in [2.05, 4.69) is 10.3 Å². The first-order chi connectivity index (χ1) is 13.2. The van der Waals surface area contributed by atoms with Gasteiger partial charge in [-0.1, -0.05) is 54.2 Å². The quantitative estimate of drug-likeness (QED) is 0.585. The van der Waals surface area contributed by atoms with Crippen molar-refractivity contribution in [2.24, 2.45) is 0 Å². The highest BCUT2D eigenvalue weighted by molar-refractivity contribution is 7.98. The lowest BCUT2D eigenvalue weighted by molar-refractivity contribution is -0.122. The minimum absolute atomic E-state index is 0.0637. The van der Waals surface area contributed by atoms with Crippen LogP contribution >= 0.6 is 11.8 Å². The standard InChI is InChI=1S/C20H20FN3O2S/c21-17-8-6-15(7-9-17)10-22-19(26)12-24-18(13-25)11-23-20(24)27-14-16-4-2-1-3-5-16/h1-9,11,25H,10,12-14H2,(H,22,26). The fraction of sp³-hybridized carbons (Fsp3) is 0.200. The second kappa shape index (κ2) is 9.34. The molecule has 0 bridgehead atoms. The minimum atomic E-state index is -0.309. The van der Waals surface area contributed by atoms with Crippen molar-refractivity contribution in [3.8, 4) is 0 Å². The van der Waals surface area contributed by atoms with E-state index >= 15 is 0 Å². The van der Waals surface area contributed by atoms with E-state index in [1.165, 1.54) is 23.9 Å². The highest BCUT2D eigenvalue weighted by atomic mass is 32.2. The number of aliphatic hydroxyl groups is 1. The number of hydrogen-bond donors (Lipinski definition) is 2. The Morgan fingerprint density at radius 3 is 2.56 bits per heavy atom. The van der Waals surface area contributed by atoms with Crippen molar-refractivity contribution in [3.05, 3.63) is 83.4 Å². The third-order valence-electron chi connectivity index (χ3n) is 3.98. The van der Waals surface area contributed by atoms with Gasteiger partial charge in [-0.05, 0) is 23.3 Å². The summed E-state index contributed by atoms with van der Waals surface area (Å²) in [5, 5.41) is 13.0. The van der Waals surface area contributed by atoms with Crippen LogP contribution in [0.5, 0.6) is 0 Å². The zero-order valence-corrected chi connectivity index (χ0v) is 15.5. The maximum atomic E-state index is 12.9. The van der Waals surface area contributed by atoms with E-state index in [0.29, 0.717) is 17.4 Å². The van der Waals surface area contributed by atoms with E-state index in [9.17, 15) is 14.3 Å². The Balaban J connectivity index is 1.61. The molecule has 5 nitrogen and oxygen atoms in total. The maximum absolute atomic E-state index is 12.9. The number of thioether (sulfide) groups is 1. The third-order valence-corrected chi connectivity index (χ3v) is 5.04. The van der Waals surface area contributed by atoms with Crippen molar-refractivity contribution in [1.29, 1.82) is 0 Å². The Morgan fingerprint density at radius 2 is 1.85 bits per heavy atom. The van der Waals surface area contributed by atoms with Crippen LogP contribution in [-0.4, -0.2) is 20.6 Å². The average Bonchev–Trinajstić information content (AvgIpc) is 3.08. The normalized spacial score (nSPS) is 10.7. The fourth-order valence-corrected chi connectivity index (χ4v) is 3.48. The molecule has 0 aliphatic rings. The summed E-state index contributed by atoms with van der Waals surface area (Å²) in [5.41, 5.74) is 2.56. The van der Waals surface area contributed by atoms with Crippen LogP contribution in [0.2, 0.25) is 0 Å². The molecule has 1 heterocycles. The van der Waals surface area contributed by atoms with Crippen molar-refractivity contribution < 1.29 is 14.3 Å². The molecule has 0 aliphatic heterocycles. The van der Waals surface area contributed by atoms with E-state index in [4.69, 9.17) is 0 Å². The molecule has 0 aliphatic carbocycles. The molecule has 0 saturated heterocycles. The van der Waals surface area contributed by atoms with Gasteiger partial charge in [-0.3, -0.25) is 4.79 Å². The van der Waals surface area contributed by atoms with Crippen molar-refractivity contribution in [2.45, 2.75) is 30.6 Å². The summed E-state index contributed by atoms with van der Waals surface area (Å²) < 4.78 is 14.7. The lowest BCUT2D eigenvalue weighted by Gasteiger charge is -2.11. The SMILES string of the molecule is O=C(Cn1c(CO)cnc1SCc1ccccc1)NCc1ccc(F)cc1. The molecule has 1 aromatic heterocycles. The number of rotatable bonds is 8. The van der Waals surface area contributed by atoms with Crippen LogP contribution in [0.1, 0.15) is 16.8 Å². The average molecular weight is 385 g/mol. The fourth-order valence-electron chi connectivity index (χ4n) is 2.53. The molecule has 0 radical (unpaired) electrons. The molecule has 3 rings (SSSR count). The number of nitrogens with zero attached hydrogens (tertiary/aromatic N) is 2. The van der Waals surface area contributed by atoms with E-state index in [1.54, 1.807) is 22.9 Å². The van der Waals surface area contributed by atoms with Crippen molar-refractivity contribution in [3.63, 3.8) is 0 Å². The van der Waals surface area contributed by atoms with Crippen LogP contribution in [0.15, 0.2) is 66.0 Å². The highest BCUT2D eigenvalue weighted by Gasteiger charge is 2.13. The van der Waals surface area contributed by atoms with Crippen molar-refractivity contribution >= 4 is 17.7 Å². The number of benzene rings is 2. The summed E-state index contributed by atoms with van der Waals surface area (Å²) in [6.07, 6.45) is 1.58. The first-order valence-corrected chi connectivity index (χ1v) is 9.47. The smallest absolute Gasteiger partial charge is 0.240 e. The molecule has 1 amide bonds. The Kier molecular flexibility index (Phi) is 6.62. The Hall–Kier alpha value is -2.64. The Labute approximate surface area is 161 Å². The first kappa shape index (κ1) is 19.1.